The Kier molecular flexibility index (Phi) is 7.00. The molecule has 2 heterocycles. The van der Waals surface area contributed by atoms with E-state index in [0.29, 0.717) is 0 Å². The average Bonchev–Trinajstić information content (AvgIpc) is 2.73. The summed E-state index contributed by atoms with van der Waals surface area (Å²) in [7, 11) is -4.19. The molecule has 3 rings (SSSR count). The summed E-state index contributed by atoms with van der Waals surface area (Å²) in [6, 6.07) is 4.08. The van der Waals surface area contributed by atoms with Crippen molar-refractivity contribution in [3.8, 4) is 0 Å². The second-order valence-corrected chi connectivity index (χ2v) is 9.45. The minimum absolute atomic E-state index is 0.0695. The van der Waals surface area contributed by atoms with E-state index in [1.54, 1.807) is 0 Å². The molecule has 0 radical (unpaired) electrons. The molecule has 9 nitrogen and oxygen atoms in total. The van der Waals surface area contributed by atoms with Gasteiger partial charge in [0.1, 0.15) is 12.0 Å². The number of piperidine rings is 1. The second-order valence-electron chi connectivity index (χ2n) is 7.56. The molecule has 1 aromatic carbocycles. The zero-order valence-corrected chi connectivity index (χ0v) is 17.5. The number of aliphatic hydroxyl groups is 2. The van der Waals surface area contributed by atoms with Gasteiger partial charge in [-0.1, -0.05) is 0 Å². The first-order chi connectivity index (χ1) is 14.9. The predicted octanol–water partition coefficient (Wildman–Crippen LogP) is 1.06. The molecule has 32 heavy (non-hydrogen) atoms. The maximum Gasteiger partial charge on any atom is 0.427 e. The molecular weight excluding hydrogens is 464 g/mol. The quantitative estimate of drug-likeness (QED) is 0.612. The van der Waals surface area contributed by atoms with Crippen molar-refractivity contribution in [1.82, 2.24) is 9.21 Å². The van der Waals surface area contributed by atoms with Gasteiger partial charge in [-0.05, 0) is 37.1 Å². The number of aliphatic hydroxyl groups excluding tert-OH is 2. The molecule has 2 fully saturated rings. The van der Waals surface area contributed by atoms with E-state index < -0.39 is 52.6 Å². The Morgan fingerprint density at radius 3 is 2.38 bits per heavy atom. The van der Waals surface area contributed by atoms with Crippen molar-refractivity contribution in [2.45, 2.75) is 41.8 Å². The van der Waals surface area contributed by atoms with Gasteiger partial charge in [-0.2, -0.15) is 17.5 Å². The molecule has 2 atom stereocenters. The van der Waals surface area contributed by atoms with E-state index in [2.05, 4.69) is 4.74 Å². The van der Waals surface area contributed by atoms with Gasteiger partial charge in [-0.25, -0.2) is 17.6 Å². The van der Waals surface area contributed by atoms with Crippen molar-refractivity contribution >= 4 is 16.1 Å². The van der Waals surface area contributed by atoms with Crippen LogP contribution >= 0.6 is 0 Å². The molecule has 0 saturated carbocycles. The largest absolute Gasteiger partial charge is 0.434 e. The monoisotopic (exact) mass is 486 g/mol. The van der Waals surface area contributed by atoms with E-state index in [1.807, 2.05) is 0 Å². The highest BCUT2D eigenvalue weighted by Crippen LogP contribution is 2.35. The van der Waals surface area contributed by atoms with Crippen molar-refractivity contribution in [2.75, 3.05) is 32.8 Å². The SMILES string of the molecule is O=C(O[C@H](CO)C(F)(F)F)N1CCC2(CC1)CN(S(=O)(=O)c1ccc(F)cc1)C(O)CO2. The summed E-state index contributed by atoms with van der Waals surface area (Å²) in [5.74, 6) is -0.629. The molecular formula is C18H22F4N2O7S. The van der Waals surface area contributed by atoms with Gasteiger partial charge >= 0.3 is 12.3 Å². The van der Waals surface area contributed by atoms with Gasteiger partial charge < -0.3 is 24.6 Å². The average molecular weight is 486 g/mol. The lowest BCUT2D eigenvalue weighted by Gasteiger charge is -2.48. The summed E-state index contributed by atoms with van der Waals surface area (Å²) in [4.78, 5) is 12.8. The van der Waals surface area contributed by atoms with Gasteiger partial charge in [0.15, 0.2) is 0 Å². The van der Waals surface area contributed by atoms with Crippen LogP contribution in [-0.4, -0.2) is 90.9 Å². The third kappa shape index (κ3) is 5.14. The molecule has 0 aromatic heterocycles. The highest BCUT2D eigenvalue weighted by Gasteiger charge is 2.48. The lowest BCUT2D eigenvalue weighted by Crippen LogP contribution is -2.61. The van der Waals surface area contributed by atoms with Gasteiger partial charge in [0, 0.05) is 19.6 Å². The number of morpholine rings is 1. The van der Waals surface area contributed by atoms with E-state index in [9.17, 15) is 35.9 Å². The lowest BCUT2D eigenvalue weighted by molar-refractivity contribution is -0.216. The zero-order valence-electron chi connectivity index (χ0n) is 16.7. The Labute approximate surface area is 181 Å². The number of hydrogen-bond acceptors (Lipinski definition) is 7. The van der Waals surface area contributed by atoms with Crippen LogP contribution in [0.25, 0.3) is 0 Å². The van der Waals surface area contributed by atoms with Crippen molar-refractivity contribution < 1.29 is 50.5 Å². The molecule has 1 unspecified atom stereocenters. The van der Waals surface area contributed by atoms with Crippen LogP contribution in [-0.2, 0) is 19.5 Å². The van der Waals surface area contributed by atoms with Gasteiger partial charge in [0.2, 0.25) is 16.1 Å². The van der Waals surface area contributed by atoms with Crippen molar-refractivity contribution in [2.24, 2.45) is 0 Å². The fourth-order valence-corrected chi connectivity index (χ4v) is 5.10. The molecule has 0 bridgehead atoms. The summed E-state index contributed by atoms with van der Waals surface area (Å²) < 4.78 is 87.9. The van der Waals surface area contributed by atoms with E-state index in [1.165, 1.54) is 0 Å². The van der Waals surface area contributed by atoms with Gasteiger partial charge in [0.05, 0.1) is 23.7 Å². The normalized spacial score (nSPS) is 23.2. The number of likely N-dealkylation sites (tertiary alicyclic amines) is 1. The first-order valence-electron chi connectivity index (χ1n) is 9.60. The summed E-state index contributed by atoms with van der Waals surface area (Å²) in [5, 5.41) is 19.0. The summed E-state index contributed by atoms with van der Waals surface area (Å²) >= 11 is 0. The van der Waals surface area contributed by atoms with Crippen LogP contribution in [0.4, 0.5) is 22.4 Å². The van der Waals surface area contributed by atoms with E-state index in [0.717, 1.165) is 33.5 Å². The number of nitrogens with zero attached hydrogens (tertiary/aromatic N) is 2. The molecule has 2 aliphatic rings. The fraction of sp³-hybridized carbons (Fsp3) is 0.611. The van der Waals surface area contributed by atoms with Gasteiger partial charge in [-0.3, -0.25) is 0 Å². The second kappa shape index (κ2) is 9.09. The number of halogens is 4. The molecule has 14 heteroatoms. The number of hydrogen-bond donors (Lipinski definition) is 2. The highest BCUT2D eigenvalue weighted by molar-refractivity contribution is 7.89. The predicted molar refractivity (Wildman–Crippen MR) is 99.2 cm³/mol. The molecule has 180 valence electrons. The Morgan fingerprint density at radius 2 is 1.84 bits per heavy atom. The number of carbonyl (C=O) groups excluding carboxylic acids is 1. The van der Waals surface area contributed by atoms with Crippen molar-refractivity contribution in [1.29, 1.82) is 0 Å². The van der Waals surface area contributed by atoms with E-state index in [4.69, 9.17) is 9.84 Å². The highest BCUT2D eigenvalue weighted by atomic mass is 32.2. The third-order valence-electron chi connectivity index (χ3n) is 5.44. The Morgan fingerprint density at radius 1 is 1.25 bits per heavy atom. The number of amides is 1. The van der Waals surface area contributed by atoms with Crippen LogP contribution in [0.15, 0.2) is 29.2 Å². The van der Waals surface area contributed by atoms with Gasteiger partial charge in [-0.15, -0.1) is 0 Å². The number of sulfonamides is 1. The Bertz CT molecular complexity index is 918. The number of benzene rings is 1. The third-order valence-corrected chi connectivity index (χ3v) is 7.30. The van der Waals surface area contributed by atoms with Crippen LogP contribution in [0.2, 0.25) is 0 Å². The topological polar surface area (TPSA) is 117 Å². The Hall–Kier alpha value is -2.00. The molecule has 1 spiro atoms. The molecule has 2 N–H and O–H groups in total. The van der Waals surface area contributed by atoms with Gasteiger partial charge in [0.25, 0.3) is 0 Å². The lowest BCUT2D eigenvalue weighted by atomic mass is 9.90. The first-order valence-corrected chi connectivity index (χ1v) is 11.0. The number of rotatable bonds is 4. The minimum atomic E-state index is -4.92. The zero-order chi connectivity index (χ0) is 23.7. The van der Waals surface area contributed by atoms with Crippen LogP contribution in [0.3, 0.4) is 0 Å². The van der Waals surface area contributed by atoms with E-state index >= 15 is 0 Å². The molecule has 1 amide bonds. The molecule has 1 aromatic rings. The standard InChI is InChI=1S/C18H22F4N2O7S/c19-12-1-3-13(4-2-12)32(28,29)24-11-17(30-10-15(24)26)5-7-23(8-6-17)16(27)31-14(9-25)18(20,21)22/h1-4,14-15,25-26H,5-11H2/t14-,15?/m1/s1. The Balaban J connectivity index is 1.68. The molecule has 2 saturated heterocycles. The summed E-state index contributed by atoms with van der Waals surface area (Å²) in [6.07, 6.45) is -10.2. The molecule has 0 aliphatic carbocycles. The minimum Gasteiger partial charge on any atom is -0.434 e. The van der Waals surface area contributed by atoms with Crippen LogP contribution in [0.1, 0.15) is 12.8 Å². The van der Waals surface area contributed by atoms with Crippen molar-refractivity contribution in [3.05, 3.63) is 30.1 Å². The smallest absolute Gasteiger partial charge is 0.427 e. The maximum atomic E-state index is 13.2. The number of carbonyl (C=O) groups is 1. The summed E-state index contributed by atoms with van der Waals surface area (Å²) in [5.41, 5.74) is -1.08. The maximum absolute atomic E-state index is 13.2. The van der Waals surface area contributed by atoms with Crippen LogP contribution in [0, 0.1) is 5.82 Å². The number of alkyl halides is 3. The van der Waals surface area contributed by atoms with E-state index in [-0.39, 0.29) is 44.0 Å². The summed E-state index contributed by atoms with van der Waals surface area (Å²) in [6.45, 7) is -2.21. The first kappa shape index (κ1) is 24.6. The van der Waals surface area contributed by atoms with Crippen LogP contribution in [0.5, 0.6) is 0 Å². The van der Waals surface area contributed by atoms with Crippen molar-refractivity contribution in [3.63, 3.8) is 0 Å². The number of ether oxygens (including phenoxy) is 2. The fourth-order valence-electron chi connectivity index (χ4n) is 3.56. The van der Waals surface area contributed by atoms with Crippen LogP contribution < -0.4 is 0 Å². The molecule has 2 aliphatic heterocycles.